The third-order valence-corrected chi connectivity index (χ3v) is 4.31. The van der Waals surface area contributed by atoms with E-state index in [1.165, 1.54) is 16.5 Å². The third kappa shape index (κ3) is 3.10. The Hall–Kier alpha value is -0.900. The fraction of sp³-hybridized carbons (Fsp3) is 0.286. The fourth-order valence-electron chi connectivity index (χ4n) is 1.73. The number of aryl methyl sites for hydroxylation is 1. The first kappa shape index (κ1) is 13.5. The molecule has 0 aliphatic rings. The molecule has 0 spiro atoms. The Morgan fingerprint density at radius 1 is 1.39 bits per heavy atom. The van der Waals surface area contributed by atoms with Crippen LogP contribution in [-0.2, 0) is 6.54 Å². The average Bonchev–Trinajstić information content (AvgIpc) is 2.75. The highest BCUT2D eigenvalue weighted by Gasteiger charge is 2.09. The predicted molar refractivity (Wildman–Crippen MR) is 75.7 cm³/mol. The van der Waals surface area contributed by atoms with Crippen LogP contribution in [0.2, 0.25) is 5.02 Å². The number of thiophene rings is 1. The lowest BCUT2D eigenvalue weighted by atomic mass is 10.1. The van der Waals surface area contributed by atoms with Crippen LogP contribution in [0.1, 0.15) is 29.0 Å². The minimum Gasteiger partial charge on any atom is -0.305 e. The summed E-state index contributed by atoms with van der Waals surface area (Å²) in [6, 6.07) is 7.14. The number of hydrogen-bond donors (Lipinski definition) is 1. The molecule has 0 aliphatic heterocycles. The van der Waals surface area contributed by atoms with Gasteiger partial charge in [-0.1, -0.05) is 17.7 Å². The van der Waals surface area contributed by atoms with Crippen molar-refractivity contribution in [2.45, 2.75) is 26.4 Å². The molecule has 1 unspecified atom stereocenters. The lowest BCUT2D eigenvalue weighted by molar-refractivity contribution is 0.567. The van der Waals surface area contributed by atoms with Gasteiger partial charge in [-0.15, -0.1) is 11.3 Å². The summed E-state index contributed by atoms with van der Waals surface area (Å²) >= 11 is 7.41. The first-order valence-corrected chi connectivity index (χ1v) is 7.05. The minimum absolute atomic E-state index is 0.0956. The first-order chi connectivity index (χ1) is 8.58. The van der Waals surface area contributed by atoms with Crippen LogP contribution in [0, 0.1) is 12.7 Å². The summed E-state index contributed by atoms with van der Waals surface area (Å²) in [5, 5.41) is 5.64. The Labute approximate surface area is 116 Å². The molecule has 0 amide bonds. The van der Waals surface area contributed by atoms with Crippen molar-refractivity contribution in [2.75, 3.05) is 0 Å². The second kappa shape index (κ2) is 5.83. The molecule has 0 bridgehead atoms. The highest BCUT2D eigenvalue weighted by molar-refractivity contribution is 7.10. The van der Waals surface area contributed by atoms with E-state index in [-0.39, 0.29) is 16.9 Å². The summed E-state index contributed by atoms with van der Waals surface area (Å²) in [7, 11) is 0. The largest absolute Gasteiger partial charge is 0.305 e. The van der Waals surface area contributed by atoms with Crippen LogP contribution >= 0.6 is 22.9 Å². The summed E-state index contributed by atoms with van der Waals surface area (Å²) in [6.07, 6.45) is 0. The fourth-order valence-corrected chi connectivity index (χ4v) is 2.71. The standard InChI is InChI=1S/C14H15ClFNS/c1-9-5-6-18-14(9)8-17-10(2)11-3-4-12(15)13(16)7-11/h3-7,10,17H,8H2,1-2H3. The summed E-state index contributed by atoms with van der Waals surface area (Å²) in [4.78, 5) is 1.32. The van der Waals surface area contributed by atoms with Crippen molar-refractivity contribution < 1.29 is 4.39 Å². The summed E-state index contributed by atoms with van der Waals surface area (Å²) < 4.78 is 13.4. The molecule has 0 radical (unpaired) electrons. The van der Waals surface area contributed by atoms with Gasteiger partial charge in [-0.2, -0.15) is 0 Å². The number of rotatable bonds is 4. The predicted octanol–water partition coefficient (Wildman–Crippen LogP) is 4.70. The van der Waals surface area contributed by atoms with Crippen LogP contribution < -0.4 is 5.32 Å². The smallest absolute Gasteiger partial charge is 0.142 e. The van der Waals surface area contributed by atoms with Crippen LogP contribution in [0.25, 0.3) is 0 Å². The molecule has 18 heavy (non-hydrogen) atoms. The van der Waals surface area contributed by atoms with Crippen LogP contribution in [0.4, 0.5) is 4.39 Å². The van der Waals surface area contributed by atoms with Crippen LogP contribution in [-0.4, -0.2) is 0 Å². The van der Waals surface area contributed by atoms with E-state index in [9.17, 15) is 4.39 Å². The average molecular weight is 284 g/mol. The zero-order chi connectivity index (χ0) is 13.1. The van der Waals surface area contributed by atoms with E-state index in [0.29, 0.717) is 0 Å². The molecule has 0 fully saturated rings. The first-order valence-electron chi connectivity index (χ1n) is 5.79. The molecule has 1 heterocycles. The Bertz CT molecular complexity index is 538. The molecule has 2 rings (SSSR count). The van der Waals surface area contributed by atoms with E-state index in [1.807, 2.05) is 13.0 Å². The van der Waals surface area contributed by atoms with Crippen molar-refractivity contribution in [3.63, 3.8) is 0 Å². The second-order valence-corrected chi connectivity index (χ2v) is 5.71. The molecule has 0 saturated carbocycles. The van der Waals surface area contributed by atoms with Gasteiger partial charge in [0.25, 0.3) is 0 Å². The lowest BCUT2D eigenvalue weighted by Crippen LogP contribution is -2.18. The summed E-state index contributed by atoms with van der Waals surface area (Å²) in [5.41, 5.74) is 2.20. The quantitative estimate of drug-likeness (QED) is 0.858. The SMILES string of the molecule is Cc1ccsc1CNC(C)c1ccc(Cl)c(F)c1. The van der Waals surface area contributed by atoms with Crippen LogP contribution in [0.5, 0.6) is 0 Å². The topological polar surface area (TPSA) is 12.0 Å². The molecule has 0 aliphatic carbocycles. The van der Waals surface area contributed by atoms with E-state index >= 15 is 0 Å². The van der Waals surface area contributed by atoms with Gasteiger partial charge in [0.05, 0.1) is 5.02 Å². The van der Waals surface area contributed by atoms with E-state index in [2.05, 4.69) is 23.7 Å². The Kier molecular flexibility index (Phi) is 4.38. The Morgan fingerprint density at radius 2 is 2.17 bits per heavy atom. The molecule has 96 valence electrons. The molecule has 1 nitrogen and oxygen atoms in total. The zero-order valence-corrected chi connectivity index (χ0v) is 11.9. The second-order valence-electron chi connectivity index (χ2n) is 4.30. The van der Waals surface area contributed by atoms with Gasteiger partial charge < -0.3 is 5.32 Å². The molecule has 2 aromatic rings. The van der Waals surface area contributed by atoms with Crippen molar-refractivity contribution in [2.24, 2.45) is 0 Å². The van der Waals surface area contributed by atoms with Crippen LogP contribution in [0.3, 0.4) is 0 Å². The van der Waals surface area contributed by atoms with Gasteiger partial charge in [0.2, 0.25) is 0 Å². The van der Waals surface area contributed by atoms with Gasteiger partial charge >= 0.3 is 0 Å². The summed E-state index contributed by atoms with van der Waals surface area (Å²) in [6.45, 7) is 4.92. The molecule has 1 N–H and O–H groups in total. The van der Waals surface area contributed by atoms with Gasteiger partial charge in [-0.25, -0.2) is 4.39 Å². The molecule has 1 atom stereocenters. The van der Waals surface area contributed by atoms with E-state index in [1.54, 1.807) is 17.4 Å². The third-order valence-electron chi connectivity index (χ3n) is 2.98. The molecule has 4 heteroatoms. The molecule has 0 saturated heterocycles. The minimum atomic E-state index is -0.366. The van der Waals surface area contributed by atoms with Crippen molar-refractivity contribution >= 4 is 22.9 Å². The number of benzene rings is 1. The van der Waals surface area contributed by atoms with E-state index in [4.69, 9.17) is 11.6 Å². The maximum atomic E-state index is 13.4. The maximum absolute atomic E-state index is 13.4. The maximum Gasteiger partial charge on any atom is 0.142 e. The Morgan fingerprint density at radius 3 is 2.78 bits per heavy atom. The van der Waals surface area contributed by atoms with Gasteiger partial charge in [-0.05, 0) is 48.6 Å². The van der Waals surface area contributed by atoms with Crippen molar-refractivity contribution in [3.05, 3.63) is 56.5 Å². The van der Waals surface area contributed by atoms with Gasteiger partial charge in [0.1, 0.15) is 5.82 Å². The zero-order valence-electron chi connectivity index (χ0n) is 10.3. The molecular weight excluding hydrogens is 269 g/mol. The number of hydrogen-bond acceptors (Lipinski definition) is 2. The van der Waals surface area contributed by atoms with Crippen molar-refractivity contribution in [1.82, 2.24) is 5.32 Å². The van der Waals surface area contributed by atoms with Gasteiger partial charge in [-0.3, -0.25) is 0 Å². The van der Waals surface area contributed by atoms with E-state index < -0.39 is 0 Å². The normalized spacial score (nSPS) is 12.7. The molecule has 1 aromatic heterocycles. The molecular formula is C14H15ClFNS. The van der Waals surface area contributed by atoms with Crippen LogP contribution in [0.15, 0.2) is 29.6 Å². The van der Waals surface area contributed by atoms with Gasteiger partial charge in [0, 0.05) is 17.5 Å². The number of halogens is 2. The highest BCUT2D eigenvalue weighted by atomic mass is 35.5. The molecule has 1 aromatic carbocycles. The van der Waals surface area contributed by atoms with Gasteiger partial charge in [0.15, 0.2) is 0 Å². The highest BCUT2D eigenvalue weighted by Crippen LogP contribution is 2.21. The summed E-state index contributed by atoms with van der Waals surface area (Å²) in [5.74, 6) is -0.366. The lowest BCUT2D eigenvalue weighted by Gasteiger charge is -2.14. The number of nitrogens with one attached hydrogen (secondary N) is 1. The van der Waals surface area contributed by atoms with E-state index in [0.717, 1.165) is 12.1 Å². The Balaban J connectivity index is 2.01. The van der Waals surface area contributed by atoms with Crippen molar-refractivity contribution in [3.8, 4) is 0 Å². The van der Waals surface area contributed by atoms with Crippen molar-refractivity contribution in [1.29, 1.82) is 0 Å². The monoisotopic (exact) mass is 283 g/mol.